The Labute approximate surface area is 172 Å². The van der Waals surface area contributed by atoms with Crippen molar-refractivity contribution in [1.29, 1.82) is 0 Å². The number of rotatable bonds is 3. The van der Waals surface area contributed by atoms with Crippen LogP contribution in [-0.2, 0) is 4.74 Å². The molecule has 4 aromatic rings. The van der Waals surface area contributed by atoms with Gasteiger partial charge in [0.25, 0.3) is 11.8 Å². The molecule has 1 aliphatic rings. The smallest absolute Gasteiger partial charge is 0.291 e. The van der Waals surface area contributed by atoms with Crippen molar-refractivity contribution in [2.24, 2.45) is 0 Å². The molecule has 2 amide bonds. The highest BCUT2D eigenvalue weighted by Crippen LogP contribution is 2.32. The van der Waals surface area contributed by atoms with E-state index < -0.39 is 0 Å². The number of morpholine rings is 1. The first-order valence-electron chi connectivity index (χ1n) is 9.76. The highest BCUT2D eigenvalue weighted by Gasteiger charge is 2.28. The molecule has 7 nitrogen and oxygen atoms in total. The van der Waals surface area contributed by atoms with Gasteiger partial charge in [0, 0.05) is 30.1 Å². The van der Waals surface area contributed by atoms with Gasteiger partial charge in [0.1, 0.15) is 11.3 Å². The topological polar surface area (TPSA) is 84.7 Å². The van der Waals surface area contributed by atoms with Crippen molar-refractivity contribution < 1.29 is 18.7 Å². The predicted molar refractivity (Wildman–Crippen MR) is 113 cm³/mol. The normalized spacial score (nSPS) is 14.2. The van der Waals surface area contributed by atoms with Gasteiger partial charge in [-0.25, -0.2) is 0 Å². The maximum Gasteiger partial charge on any atom is 0.291 e. The molecule has 1 fully saturated rings. The second-order valence-corrected chi connectivity index (χ2v) is 7.04. The lowest BCUT2D eigenvalue weighted by Crippen LogP contribution is -2.40. The molecule has 0 spiro atoms. The Bertz CT molecular complexity index is 1250. The molecule has 2 aromatic heterocycles. The van der Waals surface area contributed by atoms with Crippen LogP contribution in [0.15, 0.2) is 65.2 Å². The minimum Gasteiger partial charge on any atom is -0.449 e. The molecule has 0 unspecified atom stereocenters. The number of para-hydroxylation sites is 2. The van der Waals surface area contributed by atoms with Crippen LogP contribution in [0.25, 0.3) is 21.9 Å². The van der Waals surface area contributed by atoms with Crippen molar-refractivity contribution >= 4 is 39.4 Å². The number of nitrogens with one attached hydrogen (secondary N) is 1. The average Bonchev–Trinajstić information content (AvgIpc) is 3.17. The molecule has 0 radical (unpaired) electrons. The highest BCUT2D eigenvalue weighted by atomic mass is 16.5. The van der Waals surface area contributed by atoms with Crippen LogP contribution < -0.4 is 5.32 Å². The first-order valence-corrected chi connectivity index (χ1v) is 9.76. The van der Waals surface area contributed by atoms with Crippen molar-refractivity contribution in [1.82, 2.24) is 9.88 Å². The van der Waals surface area contributed by atoms with Crippen LogP contribution in [0.1, 0.15) is 20.9 Å². The van der Waals surface area contributed by atoms with Crippen LogP contribution in [0, 0.1) is 0 Å². The quantitative estimate of drug-likeness (QED) is 0.566. The van der Waals surface area contributed by atoms with Gasteiger partial charge >= 0.3 is 0 Å². The number of benzene rings is 2. The highest BCUT2D eigenvalue weighted by molar-refractivity contribution is 6.17. The number of nitrogens with zero attached hydrogens (tertiary/aromatic N) is 2. The van der Waals surface area contributed by atoms with Crippen LogP contribution >= 0.6 is 0 Å². The summed E-state index contributed by atoms with van der Waals surface area (Å²) in [4.78, 5) is 32.3. The van der Waals surface area contributed by atoms with Crippen molar-refractivity contribution in [2.45, 2.75) is 0 Å². The maximum absolute atomic E-state index is 13.2. The lowest BCUT2D eigenvalue weighted by atomic mass is 10.1. The maximum atomic E-state index is 13.2. The monoisotopic (exact) mass is 401 g/mol. The van der Waals surface area contributed by atoms with Crippen molar-refractivity contribution in [3.8, 4) is 0 Å². The Balaban J connectivity index is 1.56. The molecule has 2 aromatic carbocycles. The molecule has 150 valence electrons. The Morgan fingerprint density at radius 3 is 2.50 bits per heavy atom. The molecule has 1 saturated heterocycles. The molecule has 30 heavy (non-hydrogen) atoms. The van der Waals surface area contributed by atoms with Crippen LogP contribution in [-0.4, -0.2) is 48.0 Å². The van der Waals surface area contributed by atoms with Gasteiger partial charge in [-0.05, 0) is 24.3 Å². The fourth-order valence-corrected chi connectivity index (χ4v) is 3.70. The number of pyridine rings is 1. The molecule has 7 heteroatoms. The van der Waals surface area contributed by atoms with Gasteiger partial charge in [-0.15, -0.1) is 0 Å². The number of fused-ring (bicyclic) bond motifs is 2. The van der Waals surface area contributed by atoms with E-state index in [4.69, 9.17) is 9.15 Å². The second kappa shape index (κ2) is 7.61. The van der Waals surface area contributed by atoms with E-state index in [0.717, 1.165) is 10.9 Å². The van der Waals surface area contributed by atoms with E-state index in [-0.39, 0.29) is 17.6 Å². The number of hydrogen-bond donors (Lipinski definition) is 1. The third-order valence-corrected chi connectivity index (χ3v) is 5.22. The molecule has 0 atom stereocenters. The van der Waals surface area contributed by atoms with E-state index >= 15 is 0 Å². The summed E-state index contributed by atoms with van der Waals surface area (Å²) in [6, 6.07) is 16.4. The number of furan rings is 1. The summed E-state index contributed by atoms with van der Waals surface area (Å²) in [6.07, 6.45) is 1.60. The first-order chi connectivity index (χ1) is 14.7. The molecule has 0 saturated carbocycles. The minimum atomic E-state index is -0.323. The van der Waals surface area contributed by atoms with E-state index in [9.17, 15) is 9.59 Å². The molecule has 3 heterocycles. The van der Waals surface area contributed by atoms with Gasteiger partial charge < -0.3 is 19.4 Å². The zero-order chi connectivity index (χ0) is 20.5. The lowest BCUT2D eigenvalue weighted by Gasteiger charge is -2.26. The molecule has 1 N–H and O–H groups in total. The van der Waals surface area contributed by atoms with Gasteiger partial charge in [0.15, 0.2) is 0 Å². The lowest BCUT2D eigenvalue weighted by molar-refractivity contribution is 0.0285. The van der Waals surface area contributed by atoms with Gasteiger partial charge in [-0.2, -0.15) is 0 Å². The summed E-state index contributed by atoms with van der Waals surface area (Å²) in [6.45, 7) is 1.93. The SMILES string of the molecule is O=C(Nc1c(C(=O)N2CCOCC2)oc2ccccc12)c1ccnc2ccccc12. The number of ether oxygens (including phenoxy) is 1. The van der Waals surface area contributed by atoms with Gasteiger partial charge in [-0.1, -0.05) is 30.3 Å². The van der Waals surface area contributed by atoms with Crippen molar-refractivity contribution in [2.75, 3.05) is 31.6 Å². The number of carbonyl (C=O) groups excluding carboxylic acids is 2. The third kappa shape index (κ3) is 3.19. The van der Waals surface area contributed by atoms with Gasteiger partial charge in [0.05, 0.1) is 24.3 Å². The number of hydrogen-bond acceptors (Lipinski definition) is 5. The van der Waals surface area contributed by atoms with Crippen LogP contribution in [0.4, 0.5) is 5.69 Å². The van der Waals surface area contributed by atoms with Crippen LogP contribution in [0.2, 0.25) is 0 Å². The summed E-state index contributed by atoms with van der Waals surface area (Å²) in [5, 5.41) is 4.35. The summed E-state index contributed by atoms with van der Waals surface area (Å²) < 4.78 is 11.2. The Hall–Kier alpha value is -3.71. The molecule has 5 rings (SSSR count). The molecular formula is C23H19N3O4. The third-order valence-electron chi connectivity index (χ3n) is 5.22. The van der Waals surface area contributed by atoms with Gasteiger partial charge in [0.2, 0.25) is 5.76 Å². The predicted octanol–water partition coefficient (Wildman–Crippen LogP) is 3.71. The summed E-state index contributed by atoms with van der Waals surface area (Å²) in [5.41, 5.74) is 2.14. The molecule has 0 aliphatic carbocycles. The summed E-state index contributed by atoms with van der Waals surface area (Å²) in [7, 11) is 0. The molecule has 1 aliphatic heterocycles. The van der Waals surface area contributed by atoms with E-state index in [1.807, 2.05) is 42.5 Å². The van der Waals surface area contributed by atoms with Crippen molar-refractivity contribution in [3.05, 3.63) is 72.1 Å². The van der Waals surface area contributed by atoms with E-state index in [2.05, 4.69) is 10.3 Å². The standard InChI is InChI=1S/C23H19N3O4/c27-22(16-9-10-24-18-7-3-1-5-15(16)18)25-20-17-6-2-4-8-19(17)30-21(20)23(28)26-11-13-29-14-12-26/h1-10H,11-14H2,(H,25,27). The Morgan fingerprint density at radius 2 is 1.67 bits per heavy atom. The van der Waals surface area contributed by atoms with E-state index in [1.54, 1.807) is 23.2 Å². The fourth-order valence-electron chi connectivity index (χ4n) is 3.70. The fraction of sp³-hybridized carbons (Fsp3) is 0.174. The first kappa shape index (κ1) is 18.3. The number of carbonyl (C=O) groups is 2. The van der Waals surface area contributed by atoms with E-state index in [1.165, 1.54) is 0 Å². The zero-order valence-electron chi connectivity index (χ0n) is 16.1. The number of amides is 2. The zero-order valence-corrected chi connectivity index (χ0v) is 16.1. The summed E-state index contributed by atoms with van der Waals surface area (Å²) >= 11 is 0. The summed E-state index contributed by atoms with van der Waals surface area (Å²) in [5.74, 6) is -0.453. The molecular weight excluding hydrogens is 382 g/mol. The average molecular weight is 401 g/mol. The Morgan fingerprint density at radius 1 is 0.933 bits per heavy atom. The van der Waals surface area contributed by atoms with Crippen LogP contribution in [0.5, 0.6) is 0 Å². The largest absolute Gasteiger partial charge is 0.449 e. The number of aromatic nitrogens is 1. The van der Waals surface area contributed by atoms with Crippen molar-refractivity contribution in [3.63, 3.8) is 0 Å². The number of anilines is 1. The van der Waals surface area contributed by atoms with Gasteiger partial charge in [-0.3, -0.25) is 14.6 Å². The Kier molecular flexibility index (Phi) is 4.65. The van der Waals surface area contributed by atoms with Crippen LogP contribution in [0.3, 0.4) is 0 Å². The molecule has 0 bridgehead atoms. The second-order valence-electron chi connectivity index (χ2n) is 7.04. The van der Waals surface area contributed by atoms with E-state index in [0.29, 0.717) is 48.5 Å². The minimum absolute atomic E-state index is 0.129.